The molecule has 0 radical (unpaired) electrons. The number of hydrogen-bond donors (Lipinski definition) is 0. The number of ether oxygens (including phenoxy) is 1. The average Bonchev–Trinajstić information content (AvgIpc) is 2.65. The molecule has 0 amide bonds. The number of benzene rings is 1. The molecule has 14 heavy (non-hydrogen) atoms. The summed E-state index contributed by atoms with van der Waals surface area (Å²) in [7, 11) is 1.70. The second-order valence-electron chi connectivity index (χ2n) is 3.52. The Morgan fingerprint density at radius 3 is 2.36 bits per heavy atom. The topological polar surface area (TPSA) is 9.23 Å². The van der Waals surface area contributed by atoms with Crippen molar-refractivity contribution >= 4 is 24.8 Å². The molecule has 2 heteroatoms. The summed E-state index contributed by atoms with van der Waals surface area (Å²) in [5.74, 6) is 0.933. The number of rotatable bonds is 2. The van der Waals surface area contributed by atoms with Crippen LogP contribution >= 0.6 is 0 Å². The summed E-state index contributed by atoms with van der Waals surface area (Å²) >= 11 is -1.44. The molecular weight excluding hydrogens is 275 g/mol. The molecule has 1 aliphatic heterocycles. The molecule has 1 aromatic rings. The van der Waals surface area contributed by atoms with Gasteiger partial charge in [-0.05, 0) is 0 Å². The molecule has 1 aliphatic rings. The van der Waals surface area contributed by atoms with Crippen LogP contribution in [-0.2, 0) is 0 Å². The molecule has 1 aromatic carbocycles. The summed E-state index contributed by atoms with van der Waals surface area (Å²) in [5, 5.41) is 0. The van der Waals surface area contributed by atoms with Crippen molar-refractivity contribution in [2.45, 2.75) is 4.68 Å². The Hall–Kier alpha value is -0.630. The van der Waals surface area contributed by atoms with Gasteiger partial charge in [0.15, 0.2) is 0 Å². The van der Waals surface area contributed by atoms with E-state index in [2.05, 4.69) is 32.8 Å². The van der Waals surface area contributed by atoms with Gasteiger partial charge in [0.05, 0.1) is 0 Å². The summed E-state index contributed by atoms with van der Waals surface area (Å²) in [6.07, 6.45) is 4.48. The Kier molecular flexibility index (Phi) is 3.02. The normalized spacial score (nSPS) is 14.4. The van der Waals surface area contributed by atoms with Gasteiger partial charge in [-0.2, -0.15) is 0 Å². The van der Waals surface area contributed by atoms with Crippen molar-refractivity contribution < 1.29 is 4.74 Å². The van der Waals surface area contributed by atoms with Crippen molar-refractivity contribution in [2.24, 2.45) is 0 Å². The van der Waals surface area contributed by atoms with Crippen LogP contribution in [0.4, 0.5) is 0 Å². The second kappa shape index (κ2) is 4.26. The van der Waals surface area contributed by atoms with Crippen LogP contribution in [0.25, 0.3) is 3.33 Å². The molecule has 0 atom stereocenters. The van der Waals surface area contributed by atoms with Gasteiger partial charge in [0.1, 0.15) is 0 Å². The van der Waals surface area contributed by atoms with E-state index in [9.17, 15) is 0 Å². The number of hydrogen-bond acceptors (Lipinski definition) is 1. The van der Waals surface area contributed by atoms with E-state index in [0.717, 1.165) is 5.75 Å². The van der Waals surface area contributed by atoms with Crippen LogP contribution in [0.3, 0.4) is 0 Å². The first-order valence-corrected chi connectivity index (χ1v) is 11.7. The van der Waals surface area contributed by atoms with Crippen molar-refractivity contribution in [2.75, 3.05) is 7.11 Å². The molecule has 70 valence electrons. The van der Waals surface area contributed by atoms with Crippen LogP contribution in [0.5, 0.6) is 5.75 Å². The van der Waals surface area contributed by atoms with E-state index in [4.69, 9.17) is 4.74 Å². The molecule has 0 N–H and O–H groups in total. The SMILES string of the molecule is COc1ccc([C]2=CC=[CH][In]2[CH3])cc1. The van der Waals surface area contributed by atoms with Crippen molar-refractivity contribution in [3.63, 3.8) is 0 Å². The molecule has 2 rings (SSSR count). The van der Waals surface area contributed by atoms with Gasteiger partial charge in [0, 0.05) is 0 Å². The molecule has 0 fully saturated rings. The number of allylic oxidation sites excluding steroid dienone is 2. The van der Waals surface area contributed by atoms with E-state index in [-0.39, 0.29) is 0 Å². The Balaban J connectivity index is 2.26. The molecule has 0 unspecified atom stereocenters. The zero-order valence-electron chi connectivity index (χ0n) is 8.53. The molecule has 0 aromatic heterocycles. The van der Waals surface area contributed by atoms with Crippen LogP contribution in [0.1, 0.15) is 5.56 Å². The van der Waals surface area contributed by atoms with E-state index in [0.29, 0.717) is 0 Å². The van der Waals surface area contributed by atoms with Gasteiger partial charge in [-0.3, -0.25) is 0 Å². The van der Waals surface area contributed by atoms with E-state index < -0.39 is 21.4 Å². The Morgan fingerprint density at radius 1 is 1.14 bits per heavy atom. The van der Waals surface area contributed by atoms with Crippen molar-refractivity contribution in [3.8, 4) is 5.75 Å². The fourth-order valence-corrected chi connectivity index (χ4v) is 6.82. The van der Waals surface area contributed by atoms with Gasteiger partial charge in [0.25, 0.3) is 0 Å². The Bertz CT molecular complexity index is 376. The molecule has 1 nitrogen and oxygen atoms in total. The molecule has 0 saturated heterocycles. The third-order valence-electron chi connectivity index (χ3n) is 2.59. The molecular formula is C12H13InO. The monoisotopic (exact) mass is 288 g/mol. The molecule has 0 bridgehead atoms. The maximum atomic E-state index is 5.14. The zero-order valence-corrected chi connectivity index (χ0v) is 11.8. The van der Waals surface area contributed by atoms with Crippen molar-refractivity contribution in [1.82, 2.24) is 0 Å². The van der Waals surface area contributed by atoms with Crippen LogP contribution in [0.2, 0.25) is 4.68 Å². The molecule has 0 aliphatic carbocycles. The summed E-state index contributed by atoms with van der Waals surface area (Å²) in [5.41, 5.74) is 1.37. The first-order chi connectivity index (χ1) is 6.81. The average molecular weight is 288 g/mol. The van der Waals surface area contributed by atoms with Gasteiger partial charge < -0.3 is 0 Å². The third kappa shape index (κ3) is 1.90. The third-order valence-corrected chi connectivity index (χ3v) is 9.17. The van der Waals surface area contributed by atoms with Crippen LogP contribution < -0.4 is 4.74 Å². The molecule has 1 heterocycles. The van der Waals surface area contributed by atoms with Crippen LogP contribution in [0.15, 0.2) is 40.3 Å². The predicted octanol–water partition coefficient (Wildman–Crippen LogP) is 2.85. The van der Waals surface area contributed by atoms with Crippen molar-refractivity contribution in [1.29, 1.82) is 0 Å². The fraction of sp³-hybridized carbons (Fsp3) is 0.167. The van der Waals surface area contributed by atoms with Crippen molar-refractivity contribution in [3.05, 3.63) is 45.8 Å². The molecule has 0 spiro atoms. The van der Waals surface area contributed by atoms with Gasteiger partial charge in [-0.1, -0.05) is 0 Å². The Labute approximate surface area is 92.6 Å². The van der Waals surface area contributed by atoms with Gasteiger partial charge in [-0.15, -0.1) is 0 Å². The molecule has 0 saturated carbocycles. The quantitative estimate of drug-likeness (QED) is 0.813. The standard InChI is InChI=1S/C11H10O.CH3.In/c1-3-4-5-10-6-8-11(12-2)9-7-10;;/h1,3-4,6-9H,2H3;1H3;. The van der Waals surface area contributed by atoms with Crippen LogP contribution in [0, 0.1) is 0 Å². The summed E-state index contributed by atoms with van der Waals surface area (Å²) in [6, 6.07) is 8.39. The van der Waals surface area contributed by atoms with E-state index in [1.54, 1.807) is 10.4 Å². The summed E-state index contributed by atoms with van der Waals surface area (Å²) in [4.78, 5) is 0. The first-order valence-electron chi connectivity index (χ1n) is 4.84. The number of methoxy groups -OCH3 is 1. The Morgan fingerprint density at radius 2 is 1.86 bits per heavy atom. The van der Waals surface area contributed by atoms with Gasteiger partial charge in [-0.25, -0.2) is 0 Å². The maximum absolute atomic E-state index is 5.14. The first kappa shape index (κ1) is 9.91. The minimum absolute atomic E-state index is 0.933. The minimum atomic E-state index is -1.44. The second-order valence-corrected chi connectivity index (χ2v) is 10.9. The summed E-state index contributed by atoms with van der Waals surface area (Å²) < 4.78 is 11.6. The summed E-state index contributed by atoms with van der Waals surface area (Å²) in [6.45, 7) is 0. The van der Waals surface area contributed by atoms with Gasteiger partial charge >= 0.3 is 92.9 Å². The van der Waals surface area contributed by atoms with Crippen LogP contribution in [-0.4, -0.2) is 28.5 Å². The fourth-order valence-electron chi connectivity index (χ4n) is 1.72. The van der Waals surface area contributed by atoms with E-state index in [1.165, 1.54) is 5.56 Å². The zero-order chi connectivity index (χ0) is 9.97. The van der Waals surface area contributed by atoms with E-state index in [1.807, 2.05) is 12.1 Å². The predicted molar refractivity (Wildman–Crippen MR) is 61.7 cm³/mol. The van der Waals surface area contributed by atoms with Gasteiger partial charge in [0.2, 0.25) is 0 Å². The van der Waals surface area contributed by atoms with E-state index >= 15 is 0 Å².